The molecule has 1 atom stereocenters. The molecule has 1 amide bonds. The van der Waals surface area contributed by atoms with E-state index in [0.29, 0.717) is 5.02 Å². The van der Waals surface area contributed by atoms with Gasteiger partial charge in [0.05, 0.1) is 6.04 Å². The molecule has 0 aliphatic rings. The first-order valence-electron chi connectivity index (χ1n) is 5.85. The highest BCUT2D eigenvalue weighted by molar-refractivity contribution is 6.31. The van der Waals surface area contributed by atoms with Gasteiger partial charge in [-0.05, 0) is 44.5 Å². The van der Waals surface area contributed by atoms with Crippen LogP contribution in [-0.2, 0) is 4.79 Å². The maximum atomic E-state index is 11.9. The largest absolute Gasteiger partial charge is 0.324 e. The monoisotopic (exact) mass is 290 g/mol. The van der Waals surface area contributed by atoms with Crippen LogP contribution in [0.15, 0.2) is 18.2 Å². The smallest absolute Gasteiger partial charge is 0.241 e. The van der Waals surface area contributed by atoms with E-state index >= 15 is 0 Å². The van der Waals surface area contributed by atoms with Crippen LogP contribution >= 0.6 is 24.0 Å². The Morgan fingerprint density at radius 2 is 2.11 bits per heavy atom. The molecule has 0 heterocycles. The van der Waals surface area contributed by atoms with Gasteiger partial charge in [-0.2, -0.15) is 0 Å². The first kappa shape index (κ1) is 17.2. The number of amides is 1. The van der Waals surface area contributed by atoms with Crippen molar-refractivity contribution in [1.82, 2.24) is 5.32 Å². The molecule has 18 heavy (non-hydrogen) atoms. The maximum absolute atomic E-state index is 11.9. The standard InChI is InChI=1S/C13H19ClN2O.ClH/c1-4-8-15-10(3)13(17)16-12-7-5-6-11(14)9(12)2;/h5-7,10,15H,4,8H2,1-3H3,(H,16,17);1H. The van der Waals surface area contributed by atoms with E-state index in [2.05, 4.69) is 17.6 Å². The highest BCUT2D eigenvalue weighted by Crippen LogP contribution is 2.22. The molecule has 0 saturated heterocycles. The van der Waals surface area contributed by atoms with Gasteiger partial charge in [-0.25, -0.2) is 0 Å². The Balaban J connectivity index is 0.00000289. The number of hydrogen-bond acceptors (Lipinski definition) is 2. The van der Waals surface area contributed by atoms with Gasteiger partial charge in [-0.15, -0.1) is 12.4 Å². The van der Waals surface area contributed by atoms with Crippen molar-refractivity contribution in [2.75, 3.05) is 11.9 Å². The minimum atomic E-state index is -0.201. The second kappa shape index (κ2) is 8.35. The number of nitrogens with one attached hydrogen (secondary N) is 2. The fourth-order valence-electron chi connectivity index (χ4n) is 1.44. The molecule has 2 N–H and O–H groups in total. The van der Waals surface area contributed by atoms with Crippen LogP contribution in [0.25, 0.3) is 0 Å². The van der Waals surface area contributed by atoms with E-state index in [1.165, 1.54) is 0 Å². The molecule has 0 bridgehead atoms. The number of carbonyl (C=O) groups is 1. The lowest BCUT2D eigenvalue weighted by molar-refractivity contribution is -0.117. The molecule has 0 saturated carbocycles. The molecule has 102 valence electrons. The summed E-state index contributed by atoms with van der Waals surface area (Å²) in [5.74, 6) is -0.0381. The van der Waals surface area contributed by atoms with Gasteiger partial charge in [0.25, 0.3) is 0 Å². The summed E-state index contributed by atoms with van der Waals surface area (Å²) in [5, 5.41) is 6.68. The molecule has 0 aromatic heterocycles. The molecule has 0 radical (unpaired) electrons. The second-order valence-electron chi connectivity index (χ2n) is 4.08. The highest BCUT2D eigenvalue weighted by Gasteiger charge is 2.13. The van der Waals surface area contributed by atoms with Crippen LogP contribution in [0.4, 0.5) is 5.69 Å². The van der Waals surface area contributed by atoms with Gasteiger partial charge in [0, 0.05) is 10.7 Å². The fourth-order valence-corrected chi connectivity index (χ4v) is 1.61. The average Bonchev–Trinajstić information content (AvgIpc) is 2.31. The maximum Gasteiger partial charge on any atom is 0.241 e. The number of rotatable bonds is 5. The zero-order valence-electron chi connectivity index (χ0n) is 10.9. The van der Waals surface area contributed by atoms with Crippen LogP contribution in [0.1, 0.15) is 25.8 Å². The number of anilines is 1. The Labute approximate surface area is 120 Å². The molecule has 0 aliphatic carbocycles. The summed E-state index contributed by atoms with van der Waals surface area (Å²) in [4.78, 5) is 11.9. The third-order valence-corrected chi connectivity index (χ3v) is 3.03. The Bertz CT molecular complexity index is 397. The molecule has 0 aliphatic heterocycles. The van der Waals surface area contributed by atoms with Crippen molar-refractivity contribution >= 4 is 35.6 Å². The normalized spacial score (nSPS) is 11.6. The van der Waals surface area contributed by atoms with Gasteiger partial charge in [0.2, 0.25) is 5.91 Å². The van der Waals surface area contributed by atoms with Crippen LogP contribution in [0, 0.1) is 6.92 Å². The molecule has 0 spiro atoms. The lowest BCUT2D eigenvalue weighted by Crippen LogP contribution is -2.38. The number of benzene rings is 1. The molecule has 1 rings (SSSR count). The van der Waals surface area contributed by atoms with E-state index in [1.807, 2.05) is 32.0 Å². The van der Waals surface area contributed by atoms with Gasteiger partial charge in [0.1, 0.15) is 0 Å². The second-order valence-corrected chi connectivity index (χ2v) is 4.48. The number of carbonyl (C=O) groups excluding carboxylic acids is 1. The van der Waals surface area contributed by atoms with Crippen LogP contribution in [-0.4, -0.2) is 18.5 Å². The van der Waals surface area contributed by atoms with Gasteiger partial charge in [0.15, 0.2) is 0 Å². The van der Waals surface area contributed by atoms with Crippen LogP contribution in [0.2, 0.25) is 5.02 Å². The summed E-state index contributed by atoms with van der Waals surface area (Å²) in [6.45, 7) is 6.65. The Morgan fingerprint density at radius 3 is 2.72 bits per heavy atom. The van der Waals surface area contributed by atoms with Gasteiger partial charge >= 0.3 is 0 Å². The number of halogens is 2. The van der Waals surface area contributed by atoms with Crippen LogP contribution < -0.4 is 10.6 Å². The van der Waals surface area contributed by atoms with Crippen molar-refractivity contribution in [2.45, 2.75) is 33.2 Å². The van der Waals surface area contributed by atoms with Crippen molar-refractivity contribution in [2.24, 2.45) is 0 Å². The first-order chi connectivity index (χ1) is 8.06. The van der Waals surface area contributed by atoms with Crippen molar-refractivity contribution in [3.63, 3.8) is 0 Å². The fraction of sp³-hybridized carbons (Fsp3) is 0.462. The molecule has 1 aromatic carbocycles. The molecule has 5 heteroatoms. The van der Waals surface area contributed by atoms with E-state index < -0.39 is 0 Å². The third-order valence-electron chi connectivity index (χ3n) is 2.62. The highest BCUT2D eigenvalue weighted by atomic mass is 35.5. The van der Waals surface area contributed by atoms with Crippen molar-refractivity contribution in [3.8, 4) is 0 Å². The Hall–Kier alpha value is -0.770. The summed E-state index contributed by atoms with van der Waals surface area (Å²) in [6, 6.07) is 5.29. The minimum Gasteiger partial charge on any atom is -0.324 e. The molecular formula is C13H20Cl2N2O. The Kier molecular flexibility index (Phi) is 8.00. The zero-order chi connectivity index (χ0) is 12.8. The summed E-state index contributed by atoms with van der Waals surface area (Å²) in [5.41, 5.74) is 1.66. The van der Waals surface area contributed by atoms with E-state index in [-0.39, 0.29) is 24.4 Å². The quantitative estimate of drug-likeness (QED) is 0.873. The van der Waals surface area contributed by atoms with Crippen molar-refractivity contribution in [3.05, 3.63) is 28.8 Å². The van der Waals surface area contributed by atoms with E-state index in [4.69, 9.17) is 11.6 Å². The van der Waals surface area contributed by atoms with Crippen LogP contribution in [0.5, 0.6) is 0 Å². The predicted octanol–water partition coefficient (Wildman–Crippen LogP) is 3.40. The summed E-state index contributed by atoms with van der Waals surface area (Å²) < 4.78 is 0. The van der Waals surface area contributed by atoms with Gasteiger partial charge < -0.3 is 10.6 Å². The van der Waals surface area contributed by atoms with E-state index in [9.17, 15) is 4.79 Å². The van der Waals surface area contributed by atoms with Crippen molar-refractivity contribution < 1.29 is 4.79 Å². The molecule has 0 fully saturated rings. The molecule has 3 nitrogen and oxygen atoms in total. The van der Waals surface area contributed by atoms with Crippen LogP contribution in [0.3, 0.4) is 0 Å². The predicted molar refractivity (Wildman–Crippen MR) is 79.8 cm³/mol. The molecular weight excluding hydrogens is 271 g/mol. The lowest BCUT2D eigenvalue weighted by atomic mass is 10.2. The first-order valence-corrected chi connectivity index (χ1v) is 6.23. The average molecular weight is 291 g/mol. The molecule has 1 aromatic rings. The topological polar surface area (TPSA) is 41.1 Å². The zero-order valence-corrected chi connectivity index (χ0v) is 12.5. The Morgan fingerprint density at radius 1 is 1.44 bits per heavy atom. The summed E-state index contributed by atoms with van der Waals surface area (Å²) in [6.07, 6.45) is 1.01. The SMILES string of the molecule is CCCNC(C)C(=O)Nc1cccc(Cl)c1C.Cl. The van der Waals surface area contributed by atoms with Gasteiger partial charge in [-0.1, -0.05) is 24.6 Å². The number of hydrogen-bond donors (Lipinski definition) is 2. The summed E-state index contributed by atoms with van der Waals surface area (Å²) >= 11 is 5.99. The summed E-state index contributed by atoms with van der Waals surface area (Å²) in [7, 11) is 0. The lowest BCUT2D eigenvalue weighted by Gasteiger charge is -2.15. The third kappa shape index (κ3) is 4.84. The van der Waals surface area contributed by atoms with Gasteiger partial charge in [-0.3, -0.25) is 4.79 Å². The minimum absolute atomic E-state index is 0. The van der Waals surface area contributed by atoms with E-state index in [1.54, 1.807) is 0 Å². The van der Waals surface area contributed by atoms with Crippen molar-refractivity contribution in [1.29, 1.82) is 0 Å². The molecule has 1 unspecified atom stereocenters. The van der Waals surface area contributed by atoms with E-state index in [0.717, 1.165) is 24.2 Å².